The SMILES string of the molecule is CC(CNC1COc2cc(O)ccc21)C(C)(C)C. The average molecular weight is 249 g/mol. The lowest BCUT2D eigenvalue weighted by Gasteiger charge is -2.28. The molecule has 0 radical (unpaired) electrons. The molecule has 18 heavy (non-hydrogen) atoms. The van der Waals surface area contributed by atoms with Crippen LogP contribution in [0, 0.1) is 11.3 Å². The van der Waals surface area contributed by atoms with E-state index in [0.717, 1.165) is 17.9 Å². The molecule has 1 aliphatic heterocycles. The van der Waals surface area contributed by atoms with Crippen LogP contribution in [-0.4, -0.2) is 18.3 Å². The highest BCUT2D eigenvalue weighted by Crippen LogP contribution is 2.35. The topological polar surface area (TPSA) is 41.5 Å². The van der Waals surface area contributed by atoms with Gasteiger partial charge >= 0.3 is 0 Å². The van der Waals surface area contributed by atoms with E-state index in [1.54, 1.807) is 12.1 Å². The van der Waals surface area contributed by atoms with Crippen molar-refractivity contribution in [1.82, 2.24) is 5.32 Å². The Balaban J connectivity index is 1.98. The Labute approximate surface area is 109 Å². The van der Waals surface area contributed by atoms with Crippen molar-refractivity contribution >= 4 is 0 Å². The highest BCUT2D eigenvalue weighted by molar-refractivity contribution is 5.44. The molecule has 2 N–H and O–H groups in total. The molecule has 3 nitrogen and oxygen atoms in total. The van der Waals surface area contributed by atoms with E-state index in [-0.39, 0.29) is 11.8 Å². The van der Waals surface area contributed by atoms with E-state index >= 15 is 0 Å². The Morgan fingerprint density at radius 2 is 2.17 bits per heavy atom. The molecule has 0 bridgehead atoms. The number of phenols is 1. The maximum absolute atomic E-state index is 9.41. The molecule has 0 aliphatic carbocycles. The molecule has 0 saturated heterocycles. The molecule has 3 heteroatoms. The van der Waals surface area contributed by atoms with Crippen molar-refractivity contribution in [3.63, 3.8) is 0 Å². The third kappa shape index (κ3) is 2.78. The maximum Gasteiger partial charge on any atom is 0.127 e. The molecule has 1 aromatic rings. The minimum Gasteiger partial charge on any atom is -0.508 e. The average Bonchev–Trinajstić information content (AvgIpc) is 2.66. The molecule has 0 aromatic heterocycles. The minimum atomic E-state index is 0.241. The van der Waals surface area contributed by atoms with Crippen molar-refractivity contribution in [3.05, 3.63) is 23.8 Å². The molecule has 1 aliphatic rings. The second-order valence-corrected chi connectivity index (χ2v) is 6.26. The number of nitrogens with one attached hydrogen (secondary N) is 1. The Morgan fingerprint density at radius 1 is 1.44 bits per heavy atom. The van der Waals surface area contributed by atoms with Gasteiger partial charge in [0.1, 0.15) is 18.1 Å². The monoisotopic (exact) mass is 249 g/mol. The van der Waals surface area contributed by atoms with Gasteiger partial charge in [0.15, 0.2) is 0 Å². The van der Waals surface area contributed by atoms with Gasteiger partial charge in [0.05, 0.1) is 6.04 Å². The van der Waals surface area contributed by atoms with Gasteiger partial charge in [-0.1, -0.05) is 27.7 Å². The summed E-state index contributed by atoms with van der Waals surface area (Å²) in [7, 11) is 0. The number of hydrogen-bond acceptors (Lipinski definition) is 3. The standard InChI is InChI=1S/C15H23NO2/c1-10(15(2,3)4)8-16-13-9-18-14-7-11(17)5-6-12(13)14/h5-7,10,13,16-17H,8-9H2,1-4H3. The summed E-state index contributed by atoms with van der Waals surface area (Å²) >= 11 is 0. The van der Waals surface area contributed by atoms with Gasteiger partial charge in [0, 0.05) is 11.6 Å². The zero-order valence-electron chi connectivity index (χ0n) is 11.7. The molecule has 0 fully saturated rings. The third-order valence-corrected chi connectivity index (χ3v) is 3.93. The summed E-state index contributed by atoms with van der Waals surface area (Å²) in [6.45, 7) is 10.7. The molecule has 100 valence electrons. The normalized spacial score (nSPS) is 20.3. The van der Waals surface area contributed by atoms with Crippen LogP contribution < -0.4 is 10.1 Å². The predicted octanol–water partition coefficient (Wildman–Crippen LogP) is 3.10. The van der Waals surface area contributed by atoms with E-state index in [2.05, 4.69) is 33.0 Å². The third-order valence-electron chi connectivity index (χ3n) is 3.93. The van der Waals surface area contributed by atoms with Crippen molar-refractivity contribution in [2.45, 2.75) is 33.7 Å². The Kier molecular flexibility index (Phi) is 3.53. The van der Waals surface area contributed by atoms with E-state index in [0.29, 0.717) is 17.9 Å². The number of rotatable bonds is 3. The van der Waals surface area contributed by atoms with Crippen molar-refractivity contribution < 1.29 is 9.84 Å². The number of aromatic hydroxyl groups is 1. The molecule has 2 rings (SSSR count). The van der Waals surface area contributed by atoms with Gasteiger partial charge in [-0.3, -0.25) is 0 Å². The van der Waals surface area contributed by atoms with Crippen LogP contribution in [0.3, 0.4) is 0 Å². The van der Waals surface area contributed by atoms with E-state index in [9.17, 15) is 5.11 Å². The second kappa shape index (κ2) is 4.81. The zero-order valence-corrected chi connectivity index (χ0v) is 11.7. The summed E-state index contributed by atoms with van der Waals surface area (Å²) in [5.74, 6) is 1.66. The molecule has 0 spiro atoms. The first-order chi connectivity index (χ1) is 8.38. The summed E-state index contributed by atoms with van der Waals surface area (Å²) in [6, 6.07) is 5.59. The largest absolute Gasteiger partial charge is 0.508 e. The fourth-order valence-corrected chi connectivity index (χ4v) is 1.99. The fraction of sp³-hybridized carbons (Fsp3) is 0.600. The quantitative estimate of drug-likeness (QED) is 0.865. The Morgan fingerprint density at radius 3 is 2.83 bits per heavy atom. The molecule has 2 unspecified atom stereocenters. The van der Waals surface area contributed by atoms with Crippen molar-refractivity contribution in [1.29, 1.82) is 0 Å². The lowest BCUT2D eigenvalue weighted by molar-refractivity contribution is 0.234. The van der Waals surface area contributed by atoms with E-state index in [1.807, 2.05) is 6.07 Å². The first kappa shape index (κ1) is 13.2. The molecular weight excluding hydrogens is 226 g/mol. The van der Waals surface area contributed by atoms with Crippen LogP contribution in [0.1, 0.15) is 39.3 Å². The van der Waals surface area contributed by atoms with Gasteiger partial charge in [-0.15, -0.1) is 0 Å². The number of phenolic OH excluding ortho intramolecular Hbond substituents is 1. The van der Waals surface area contributed by atoms with E-state index in [1.165, 1.54) is 0 Å². The Hall–Kier alpha value is -1.22. The van der Waals surface area contributed by atoms with Crippen LogP contribution in [0.4, 0.5) is 0 Å². The molecule has 2 atom stereocenters. The summed E-state index contributed by atoms with van der Waals surface area (Å²) in [6.07, 6.45) is 0. The number of fused-ring (bicyclic) bond motifs is 1. The number of benzene rings is 1. The Bertz CT molecular complexity index is 423. The van der Waals surface area contributed by atoms with Crippen molar-refractivity contribution in [2.24, 2.45) is 11.3 Å². The molecule has 0 saturated carbocycles. The first-order valence-corrected chi connectivity index (χ1v) is 6.57. The van der Waals surface area contributed by atoms with Gasteiger partial charge in [0.25, 0.3) is 0 Å². The van der Waals surface area contributed by atoms with Crippen LogP contribution in [0.2, 0.25) is 0 Å². The van der Waals surface area contributed by atoms with E-state index < -0.39 is 0 Å². The highest BCUT2D eigenvalue weighted by Gasteiger charge is 2.26. The van der Waals surface area contributed by atoms with Crippen LogP contribution in [0.25, 0.3) is 0 Å². The van der Waals surface area contributed by atoms with Crippen LogP contribution in [0.15, 0.2) is 18.2 Å². The fourth-order valence-electron chi connectivity index (χ4n) is 1.99. The lowest BCUT2D eigenvalue weighted by atomic mass is 9.82. The van der Waals surface area contributed by atoms with E-state index in [4.69, 9.17) is 4.74 Å². The summed E-state index contributed by atoms with van der Waals surface area (Å²) in [5.41, 5.74) is 1.46. The molecule has 1 aromatic carbocycles. The van der Waals surface area contributed by atoms with Gasteiger partial charge in [-0.05, 0) is 30.0 Å². The lowest BCUT2D eigenvalue weighted by Crippen LogP contribution is -2.32. The van der Waals surface area contributed by atoms with Gasteiger partial charge < -0.3 is 15.2 Å². The molecule has 0 amide bonds. The molecule has 1 heterocycles. The zero-order chi connectivity index (χ0) is 13.3. The van der Waals surface area contributed by atoms with Crippen molar-refractivity contribution in [3.8, 4) is 11.5 Å². The van der Waals surface area contributed by atoms with Crippen LogP contribution in [0.5, 0.6) is 11.5 Å². The second-order valence-electron chi connectivity index (χ2n) is 6.26. The summed E-state index contributed by atoms with van der Waals surface area (Å²) in [5, 5.41) is 13.0. The number of ether oxygens (including phenoxy) is 1. The maximum atomic E-state index is 9.41. The number of hydrogen-bond donors (Lipinski definition) is 2. The van der Waals surface area contributed by atoms with Crippen LogP contribution in [-0.2, 0) is 0 Å². The highest BCUT2D eigenvalue weighted by atomic mass is 16.5. The minimum absolute atomic E-state index is 0.241. The predicted molar refractivity (Wildman–Crippen MR) is 73.0 cm³/mol. The van der Waals surface area contributed by atoms with Crippen LogP contribution >= 0.6 is 0 Å². The summed E-state index contributed by atoms with van der Waals surface area (Å²) < 4.78 is 5.59. The first-order valence-electron chi connectivity index (χ1n) is 6.57. The van der Waals surface area contributed by atoms with Gasteiger partial charge in [-0.25, -0.2) is 0 Å². The van der Waals surface area contributed by atoms with Gasteiger partial charge in [-0.2, -0.15) is 0 Å². The summed E-state index contributed by atoms with van der Waals surface area (Å²) in [4.78, 5) is 0. The van der Waals surface area contributed by atoms with Gasteiger partial charge in [0.2, 0.25) is 0 Å². The molecular formula is C15H23NO2. The smallest absolute Gasteiger partial charge is 0.127 e. The van der Waals surface area contributed by atoms with Crippen molar-refractivity contribution in [2.75, 3.05) is 13.2 Å².